The van der Waals surface area contributed by atoms with Crippen molar-refractivity contribution in [1.82, 2.24) is 4.57 Å². The monoisotopic (exact) mass is 345 g/mol. The van der Waals surface area contributed by atoms with Crippen LogP contribution in [-0.2, 0) is 0 Å². The van der Waals surface area contributed by atoms with Crippen LogP contribution in [0.15, 0.2) is 60.7 Å². The fraction of sp³-hybridized carbons (Fsp3) is 0.136. The zero-order chi connectivity index (χ0) is 18.7. The van der Waals surface area contributed by atoms with E-state index >= 15 is 0 Å². The molecule has 3 aromatic rings. The molecule has 26 heavy (non-hydrogen) atoms. The number of hydrogen-bond donors (Lipinski definition) is 2. The van der Waals surface area contributed by atoms with Crippen LogP contribution in [0.4, 0.5) is 0 Å². The fourth-order valence-electron chi connectivity index (χ4n) is 2.94. The molecule has 0 aliphatic heterocycles. The Bertz CT molecular complexity index is 987. The molecular weight excluding hydrogens is 326 g/mol. The van der Waals surface area contributed by atoms with Gasteiger partial charge in [-0.05, 0) is 43.7 Å². The molecule has 0 fully saturated rings. The van der Waals surface area contributed by atoms with Crippen LogP contribution in [0.5, 0.6) is 0 Å². The second-order valence-corrected chi connectivity index (χ2v) is 6.04. The van der Waals surface area contributed by atoms with Crippen LogP contribution in [0.3, 0.4) is 0 Å². The molecule has 3 rings (SSSR count). The summed E-state index contributed by atoms with van der Waals surface area (Å²) >= 11 is 0. The molecule has 0 bridgehead atoms. The first-order valence-corrected chi connectivity index (χ1v) is 8.25. The SMILES string of the molecule is Cc1ccc(C)n1-c1c(C#CC(O)c2ccccc2)cccc1C(=O)O. The van der Waals surface area contributed by atoms with Crippen LogP contribution in [0.25, 0.3) is 5.69 Å². The molecule has 130 valence electrons. The summed E-state index contributed by atoms with van der Waals surface area (Å²) < 4.78 is 1.88. The van der Waals surface area contributed by atoms with Gasteiger partial charge >= 0.3 is 5.97 Å². The van der Waals surface area contributed by atoms with E-state index in [1.54, 1.807) is 30.3 Å². The number of hydrogen-bond acceptors (Lipinski definition) is 2. The number of benzene rings is 2. The molecule has 0 saturated heterocycles. The summed E-state index contributed by atoms with van der Waals surface area (Å²) in [6, 6.07) is 18.0. The Morgan fingerprint density at radius 2 is 1.62 bits per heavy atom. The number of carbonyl (C=O) groups is 1. The highest BCUT2D eigenvalue weighted by molar-refractivity contribution is 5.93. The summed E-state index contributed by atoms with van der Waals surface area (Å²) in [6.45, 7) is 3.84. The molecule has 1 unspecified atom stereocenters. The molecule has 0 saturated carbocycles. The van der Waals surface area contributed by atoms with Gasteiger partial charge < -0.3 is 14.8 Å². The molecule has 0 aliphatic carbocycles. The van der Waals surface area contributed by atoms with Gasteiger partial charge in [0.25, 0.3) is 0 Å². The van der Waals surface area contributed by atoms with E-state index in [9.17, 15) is 15.0 Å². The molecule has 2 aromatic carbocycles. The molecule has 0 spiro atoms. The van der Waals surface area contributed by atoms with E-state index in [0.717, 1.165) is 11.4 Å². The zero-order valence-corrected chi connectivity index (χ0v) is 14.6. The van der Waals surface area contributed by atoms with E-state index in [2.05, 4.69) is 11.8 Å². The molecule has 0 aliphatic rings. The maximum atomic E-state index is 11.7. The Kier molecular flexibility index (Phi) is 4.92. The van der Waals surface area contributed by atoms with Crippen molar-refractivity contribution in [2.45, 2.75) is 20.0 Å². The summed E-state index contributed by atoms with van der Waals surface area (Å²) in [4.78, 5) is 11.7. The molecule has 2 N–H and O–H groups in total. The zero-order valence-electron chi connectivity index (χ0n) is 14.6. The van der Waals surface area contributed by atoms with Gasteiger partial charge in [-0.3, -0.25) is 0 Å². The number of aromatic carboxylic acids is 1. The maximum Gasteiger partial charge on any atom is 0.337 e. The van der Waals surface area contributed by atoms with Gasteiger partial charge in [-0.15, -0.1) is 0 Å². The molecular formula is C22H19NO3. The third kappa shape index (κ3) is 3.39. The highest BCUT2D eigenvalue weighted by atomic mass is 16.4. The Morgan fingerprint density at radius 1 is 0.962 bits per heavy atom. The molecule has 1 heterocycles. The lowest BCUT2D eigenvalue weighted by atomic mass is 10.0. The Balaban J connectivity index is 2.14. The highest BCUT2D eigenvalue weighted by Crippen LogP contribution is 2.24. The van der Waals surface area contributed by atoms with Crippen LogP contribution in [0.1, 0.15) is 39.0 Å². The standard InChI is InChI=1S/C22H19NO3/c1-15-11-12-16(2)23(15)21-18(9-6-10-19(21)22(25)26)13-14-20(24)17-7-4-3-5-8-17/h3-12,20,24H,1-2H3,(H,25,26). The summed E-state index contributed by atoms with van der Waals surface area (Å²) in [5, 5.41) is 19.9. The van der Waals surface area contributed by atoms with E-state index in [1.165, 1.54) is 0 Å². The topological polar surface area (TPSA) is 62.5 Å². The predicted octanol–water partition coefficient (Wildman–Crippen LogP) is 3.88. The lowest BCUT2D eigenvalue weighted by Crippen LogP contribution is -2.10. The number of aliphatic hydroxyl groups excluding tert-OH is 1. The largest absolute Gasteiger partial charge is 0.478 e. The highest BCUT2D eigenvalue weighted by Gasteiger charge is 2.17. The second-order valence-electron chi connectivity index (χ2n) is 6.04. The average molecular weight is 345 g/mol. The Morgan fingerprint density at radius 3 is 2.23 bits per heavy atom. The van der Waals surface area contributed by atoms with E-state index in [-0.39, 0.29) is 5.56 Å². The third-order valence-electron chi connectivity index (χ3n) is 4.22. The van der Waals surface area contributed by atoms with Crippen LogP contribution in [-0.4, -0.2) is 20.7 Å². The summed E-state index contributed by atoms with van der Waals surface area (Å²) in [6.07, 6.45) is -0.940. The van der Waals surface area contributed by atoms with Gasteiger partial charge in [0.2, 0.25) is 0 Å². The van der Waals surface area contributed by atoms with Gasteiger partial charge in [-0.2, -0.15) is 0 Å². The minimum Gasteiger partial charge on any atom is -0.478 e. The molecule has 0 radical (unpaired) electrons. The van der Waals surface area contributed by atoms with Crippen LogP contribution in [0.2, 0.25) is 0 Å². The van der Waals surface area contributed by atoms with Crippen molar-refractivity contribution in [3.63, 3.8) is 0 Å². The van der Waals surface area contributed by atoms with Crippen molar-refractivity contribution in [3.05, 3.63) is 88.7 Å². The smallest absolute Gasteiger partial charge is 0.337 e. The number of carboxylic acid groups (broad SMARTS) is 1. The number of aromatic nitrogens is 1. The lowest BCUT2D eigenvalue weighted by Gasteiger charge is -2.15. The molecule has 1 aromatic heterocycles. The van der Waals surface area contributed by atoms with Gasteiger partial charge in [0.05, 0.1) is 11.3 Å². The van der Waals surface area contributed by atoms with E-state index in [0.29, 0.717) is 16.8 Å². The van der Waals surface area contributed by atoms with Crippen molar-refractivity contribution in [2.24, 2.45) is 0 Å². The van der Waals surface area contributed by atoms with Crippen molar-refractivity contribution < 1.29 is 15.0 Å². The van der Waals surface area contributed by atoms with Crippen molar-refractivity contribution >= 4 is 5.97 Å². The number of nitrogens with zero attached hydrogens (tertiary/aromatic N) is 1. The van der Waals surface area contributed by atoms with E-state index in [1.807, 2.05) is 48.7 Å². The Labute approximate surface area is 152 Å². The van der Waals surface area contributed by atoms with Crippen molar-refractivity contribution in [2.75, 3.05) is 0 Å². The molecule has 1 atom stereocenters. The van der Waals surface area contributed by atoms with Crippen molar-refractivity contribution in [3.8, 4) is 17.5 Å². The summed E-state index contributed by atoms with van der Waals surface area (Å²) in [5.74, 6) is 4.77. The normalized spacial score (nSPS) is 11.5. The van der Waals surface area contributed by atoms with Crippen LogP contribution in [0, 0.1) is 25.7 Å². The maximum absolute atomic E-state index is 11.7. The number of carboxylic acids is 1. The molecule has 0 amide bonds. The van der Waals surface area contributed by atoms with Crippen LogP contribution >= 0.6 is 0 Å². The predicted molar refractivity (Wildman–Crippen MR) is 100 cm³/mol. The number of aryl methyl sites for hydroxylation is 2. The van der Waals surface area contributed by atoms with E-state index in [4.69, 9.17) is 0 Å². The summed E-state index contributed by atoms with van der Waals surface area (Å²) in [7, 11) is 0. The Hall–Kier alpha value is -3.29. The van der Waals surface area contributed by atoms with Gasteiger partial charge in [-0.1, -0.05) is 48.2 Å². The number of aliphatic hydroxyl groups is 1. The van der Waals surface area contributed by atoms with Gasteiger partial charge in [0.15, 0.2) is 0 Å². The van der Waals surface area contributed by atoms with Crippen molar-refractivity contribution in [1.29, 1.82) is 0 Å². The molecule has 4 nitrogen and oxygen atoms in total. The first-order chi connectivity index (χ1) is 12.5. The third-order valence-corrected chi connectivity index (χ3v) is 4.22. The second kappa shape index (κ2) is 7.30. The van der Waals surface area contributed by atoms with Gasteiger partial charge in [0.1, 0.15) is 6.10 Å². The fourth-order valence-corrected chi connectivity index (χ4v) is 2.94. The van der Waals surface area contributed by atoms with Gasteiger partial charge in [-0.25, -0.2) is 4.79 Å². The number of rotatable bonds is 3. The van der Waals surface area contributed by atoms with Crippen LogP contribution < -0.4 is 0 Å². The first-order valence-electron chi connectivity index (χ1n) is 8.25. The number of para-hydroxylation sites is 1. The van der Waals surface area contributed by atoms with Gasteiger partial charge in [0, 0.05) is 17.0 Å². The minimum absolute atomic E-state index is 0.174. The van der Waals surface area contributed by atoms with E-state index < -0.39 is 12.1 Å². The quantitative estimate of drug-likeness (QED) is 0.708. The summed E-state index contributed by atoms with van der Waals surface area (Å²) in [5.41, 5.74) is 3.79. The minimum atomic E-state index is -1.01. The lowest BCUT2D eigenvalue weighted by molar-refractivity contribution is 0.0697. The molecule has 4 heteroatoms. The average Bonchev–Trinajstić information content (AvgIpc) is 2.98. The first kappa shape index (κ1) is 17.5.